The summed E-state index contributed by atoms with van der Waals surface area (Å²) in [6.07, 6.45) is 1.06. The maximum absolute atomic E-state index is 12.6. The summed E-state index contributed by atoms with van der Waals surface area (Å²) in [5, 5.41) is 44.3. The monoisotopic (exact) mass is 425 g/mol. The van der Waals surface area contributed by atoms with Gasteiger partial charge < -0.3 is 31.1 Å². The normalized spacial score (nSPS) is 11.9. The lowest BCUT2D eigenvalue weighted by atomic mass is 10.1. The molecule has 0 spiro atoms. The fourth-order valence-electron chi connectivity index (χ4n) is 2.81. The number of nitrogens with zero attached hydrogens (tertiary/aromatic N) is 3. The van der Waals surface area contributed by atoms with E-state index >= 15 is 0 Å². The Hall–Kier alpha value is -4.13. The number of hydroxylamine groups is 2. The van der Waals surface area contributed by atoms with Crippen molar-refractivity contribution in [2.24, 2.45) is 0 Å². The number of ketones is 2. The number of amides is 1. The van der Waals surface area contributed by atoms with E-state index in [1.807, 2.05) is 0 Å². The topological polar surface area (TPSA) is 188 Å². The zero-order valence-electron chi connectivity index (χ0n) is 15.9. The number of Topliss-reactive ketones (excluding diaryl/α,β-unsaturated/α-hetero) is 2. The second-order valence-electron chi connectivity index (χ2n) is 6.46. The van der Waals surface area contributed by atoms with E-state index in [-0.39, 0.29) is 28.2 Å². The SMILES string of the molecule is CC(=O)c1cccc(NC(=O)C(=O)C(c2cnc3ccc(=[N+]([O-])[O-])cc-3[nH]2)N([O-])O)c1. The van der Waals surface area contributed by atoms with Crippen molar-refractivity contribution in [3.05, 3.63) is 80.9 Å². The Bertz CT molecular complexity index is 1200. The summed E-state index contributed by atoms with van der Waals surface area (Å²) in [4.78, 5) is 42.4. The van der Waals surface area contributed by atoms with Crippen molar-refractivity contribution in [3.8, 4) is 11.4 Å². The molecule has 3 N–H and O–H groups in total. The third-order valence-corrected chi connectivity index (χ3v) is 4.33. The molecule has 0 saturated heterocycles. The van der Waals surface area contributed by atoms with Crippen LogP contribution in [0.15, 0.2) is 48.7 Å². The maximum atomic E-state index is 12.6. The van der Waals surface area contributed by atoms with E-state index in [4.69, 9.17) is 0 Å². The Morgan fingerprint density at radius 1 is 1.19 bits per heavy atom. The molecule has 1 aromatic carbocycles. The zero-order valence-corrected chi connectivity index (χ0v) is 15.9. The molecule has 1 amide bonds. The number of hydrogen-bond acceptors (Lipinski definition) is 9. The number of fused-ring (bicyclic) bond motifs is 1. The molecule has 1 atom stereocenters. The van der Waals surface area contributed by atoms with Crippen molar-refractivity contribution in [1.82, 2.24) is 20.1 Å². The molecule has 1 unspecified atom stereocenters. The molecule has 2 aliphatic rings. The minimum Gasteiger partial charge on any atom is -0.761 e. The molecule has 0 bridgehead atoms. The minimum atomic E-state index is -2.01. The molecule has 12 heteroatoms. The first-order valence-corrected chi connectivity index (χ1v) is 8.75. The molecule has 3 rings (SSSR count). The molecule has 1 aliphatic heterocycles. The molecule has 0 aromatic heterocycles. The number of aromatic amines is 1. The van der Waals surface area contributed by atoms with Crippen molar-refractivity contribution in [3.63, 3.8) is 0 Å². The van der Waals surface area contributed by atoms with E-state index in [2.05, 4.69) is 15.3 Å². The van der Waals surface area contributed by atoms with E-state index in [0.717, 1.165) is 12.3 Å². The van der Waals surface area contributed by atoms with E-state index in [0.29, 0.717) is 11.3 Å². The average molecular weight is 425 g/mol. The van der Waals surface area contributed by atoms with Gasteiger partial charge in [0, 0.05) is 29.6 Å². The smallest absolute Gasteiger partial charge is 0.293 e. The van der Waals surface area contributed by atoms with E-state index < -0.39 is 27.9 Å². The molecule has 160 valence electrons. The maximum Gasteiger partial charge on any atom is 0.293 e. The van der Waals surface area contributed by atoms with Gasteiger partial charge in [0.25, 0.3) is 5.91 Å². The predicted molar refractivity (Wildman–Crippen MR) is 107 cm³/mol. The molecule has 0 fully saturated rings. The quantitative estimate of drug-likeness (QED) is 0.293. The highest BCUT2D eigenvalue weighted by atomic mass is 16.8. The number of carbonyl (C=O) groups excluding carboxylic acids is 3. The molecule has 0 radical (unpaired) electrons. The number of anilines is 1. The number of carbonyl (C=O) groups is 3. The minimum absolute atomic E-state index is 0.112. The second kappa shape index (κ2) is 8.71. The highest BCUT2D eigenvalue weighted by molar-refractivity contribution is 6.42. The summed E-state index contributed by atoms with van der Waals surface area (Å²) in [5.41, 5.74) is 0.574. The van der Waals surface area contributed by atoms with Gasteiger partial charge in [-0.05, 0) is 25.1 Å². The van der Waals surface area contributed by atoms with Gasteiger partial charge in [0.2, 0.25) is 11.1 Å². The summed E-state index contributed by atoms with van der Waals surface area (Å²) < 4.78 is 0. The van der Waals surface area contributed by atoms with Gasteiger partial charge in [-0.1, -0.05) is 12.1 Å². The molecule has 1 aromatic rings. The van der Waals surface area contributed by atoms with Crippen molar-refractivity contribution in [1.29, 1.82) is 0 Å². The third-order valence-electron chi connectivity index (χ3n) is 4.33. The van der Waals surface area contributed by atoms with Crippen molar-refractivity contribution in [2.45, 2.75) is 13.0 Å². The van der Waals surface area contributed by atoms with Crippen molar-refractivity contribution < 1.29 is 19.6 Å². The predicted octanol–water partition coefficient (Wildman–Crippen LogP) is 0.923. The van der Waals surface area contributed by atoms with Crippen LogP contribution in [0.25, 0.3) is 11.4 Å². The zero-order chi connectivity index (χ0) is 22.7. The van der Waals surface area contributed by atoms with Gasteiger partial charge in [-0.2, -0.15) is 4.90 Å². The van der Waals surface area contributed by atoms with Crippen LogP contribution in [0.4, 0.5) is 5.69 Å². The highest BCUT2D eigenvalue weighted by Crippen LogP contribution is 2.22. The largest absolute Gasteiger partial charge is 0.761 e. The first-order valence-electron chi connectivity index (χ1n) is 8.75. The molecule has 1 aliphatic carbocycles. The first kappa shape index (κ1) is 21.6. The van der Waals surface area contributed by atoms with Gasteiger partial charge >= 0.3 is 0 Å². The number of nitrogens with one attached hydrogen (secondary N) is 2. The van der Waals surface area contributed by atoms with E-state index in [9.17, 15) is 35.2 Å². The Morgan fingerprint density at radius 3 is 2.58 bits per heavy atom. The fraction of sp³-hybridized carbons (Fsp3) is 0.105. The van der Waals surface area contributed by atoms with Crippen LogP contribution in [0.5, 0.6) is 0 Å². The van der Waals surface area contributed by atoms with Crippen LogP contribution in [0, 0.1) is 15.6 Å². The van der Waals surface area contributed by atoms with E-state index in [1.165, 1.54) is 43.3 Å². The fourth-order valence-corrected chi connectivity index (χ4v) is 2.81. The lowest BCUT2D eigenvalue weighted by Crippen LogP contribution is -2.36. The van der Waals surface area contributed by atoms with Crippen LogP contribution in [-0.2, 0) is 9.59 Å². The van der Waals surface area contributed by atoms with Gasteiger partial charge in [-0.15, -0.1) is 0 Å². The molecule has 1 heterocycles. The van der Waals surface area contributed by atoms with E-state index in [1.54, 1.807) is 0 Å². The van der Waals surface area contributed by atoms with Crippen LogP contribution < -0.4 is 15.6 Å². The Kier molecular flexibility index (Phi) is 6.06. The Labute approximate surface area is 174 Å². The third kappa shape index (κ3) is 4.72. The number of rotatable bonds is 6. The first-order chi connectivity index (χ1) is 14.7. The van der Waals surface area contributed by atoms with Gasteiger partial charge in [-0.25, -0.2) is 5.23 Å². The van der Waals surface area contributed by atoms with Crippen LogP contribution in [0.2, 0.25) is 0 Å². The van der Waals surface area contributed by atoms with Crippen molar-refractivity contribution >= 4 is 23.2 Å². The number of benzene rings is 2. The van der Waals surface area contributed by atoms with Crippen LogP contribution in [0.1, 0.15) is 29.0 Å². The number of hydrogen-bond donors (Lipinski definition) is 3. The van der Waals surface area contributed by atoms with Gasteiger partial charge in [0.05, 0.1) is 17.1 Å². The van der Waals surface area contributed by atoms with Crippen LogP contribution in [-0.4, -0.2) is 37.9 Å². The molecule has 0 saturated carbocycles. The van der Waals surface area contributed by atoms with Crippen LogP contribution in [0.3, 0.4) is 0 Å². The molecule has 12 nitrogen and oxygen atoms in total. The summed E-state index contributed by atoms with van der Waals surface area (Å²) in [6, 6.07) is 7.49. The average Bonchev–Trinajstić information content (AvgIpc) is 2.73. The standard InChI is InChI=1S/C19H15N5O7/c1-10(25)11-3-2-4-12(7-11)21-19(27)18(26)17(24(30)31)16-9-20-14-6-5-13(23(28)29)8-15(14)22-16/h2-9,17,30H,1H3,(H2-,20,21,22,26,27,28,29)/q-2. The summed E-state index contributed by atoms with van der Waals surface area (Å²) in [7, 11) is 0. The summed E-state index contributed by atoms with van der Waals surface area (Å²) in [6.45, 7) is 1.33. The number of aromatic nitrogens is 2. The number of H-pyrrole nitrogens is 1. The lowest BCUT2D eigenvalue weighted by Gasteiger charge is -2.29. The molecular weight excluding hydrogens is 410 g/mol. The summed E-state index contributed by atoms with van der Waals surface area (Å²) in [5.74, 6) is -2.81. The highest BCUT2D eigenvalue weighted by Gasteiger charge is 2.30. The van der Waals surface area contributed by atoms with Gasteiger partial charge in [-0.3, -0.25) is 19.4 Å². The van der Waals surface area contributed by atoms with Crippen LogP contribution >= 0.6 is 0 Å². The van der Waals surface area contributed by atoms with Crippen molar-refractivity contribution in [2.75, 3.05) is 5.32 Å². The van der Waals surface area contributed by atoms with Gasteiger partial charge in [0.1, 0.15) is 6.04 Å². The lowest BCUT2D eigenvalue weighted by molar-refractivity contribution is -0.148. The Morgan fingerprint density at radius 2 is 1.94 bits per heavy atom. The summed E-state index contributed by atoms with van der Waals surface area (Å²) >= 11 is 0. The molecule has 31 heavy (non-hydrogen) atoms. The molecular formula is C19H15N5O7-2. The van der Waals surface area contributed by atoms with Gasteiger partial charge in [0.15, 0.2) is 5.78 Å². The Balaban J connectivity index is 1.93. The second-order valence-corrected chi connectivity index (χ2v) is 6.46.